The van der Waals surface area contributed by atoms with Crippen molar-refractivity contribution in [1.29, 1.82) is 0 Å². The molecule has 1 heterocycles. The number of hydrogen-bond donors (Lipinski definition) is 0. The van der Waals surface area contributed by atoms with Crippen LogP contribution in [-0.2, 0) is 13.5 Å². The van der Waals surface area contributed by atoms with Crippen molar-refractivity contribution in [2.75, 3.05) is 0 Å². The molecular formula is C6H10N2. The molecule has 0 radical (unpaired) electrons. The van der Waals surface area contributed by atoms with Crippen molar-refractivity contribution in [3.05, 3.63) is 18.2 Å². The van der Waals surface area contributed by atoms with Gasteiger partial charge in [0.05, 0.1) is 0 Å². The molecule has 0 aliphatic heterocycles. The van der Waals surface area contributed by atoms with E-state index >= 15 is 0 Å². The Morgan fingerprint density at radius 3 is 2.75 bits per heavy atom. The summed E-state index contributed by atoms with van der Waals surface area (Å²) in [6.45, 7) is 2.10. The largest absolute Gasteiger partial charge is 0.338 e. The molecule has 0 aliphatic rings. The van der Waals surface area contributed by atoms with Crippen LogP contribution in [0.3, 0.4) is 0 Å². The second-order valence-corrected chi connectivity index (χ2v) is 1.81. The number of imidazole rings is 1. The van der Waals surface area contributed by atoms with E-state index in [4.69, 9.17) is 0 Å². The van der Waals surface area contributed by atoms with Gasteiger partial charge < -0.3 is 4.57 Å². The highest BCUT2D eigenvalue weighted by Gasteiger charge is 1.90. The zero-order valence-electron chi connectivity index (χ0n) is 5.26. The quantitative estimate of drug-likeness (QED) is 0.527. The van der Waals surface area contributed by atoms with Crippen LogP contribution in [0.25, 0.3) is 0 Å². The predicted octanol–water partition coefficient (Wildman–Crippen LogP) is 0.982. The van der Waals surface area contributed by atoms with E-state index in [-0.39, 0.29) is 0 Å². The lowest BCUT2D eigenvalue weighted by Gasteiger charge is -1.92. The molecule has 0 atom stereocenters. The average molecular weight is 110 g/mol. The molecule has 44 valence electrons. The van der Waals surface area contributed by atoms with Crippen molar-refractivity contribution in [3.8, 4) is 0 Å². The second-order valence-electron chi connectivity index (χ2n) is 1.81. The van der Waals surface area contributed by atoms with Gasteiger partial charge in [0.25, 0.3) is 0 Å². The van der Waals surface area contributed by atoms with Crippen LogP contribution in [0.1, 0.15) is 12.7 Å². The lowest BCUT2D eigenvalue weighted by molar-refractivity contribution is 0.808. The van der Waals surface area contributed by atoms with E-state index in [1.54, 1.807) is 0 Å². The van der Waals surface area contributed by atoms with E-state index in [0.717, 1.165) is 12.2 Å². The Bertz CT molecular complexity index is 167. The lowest BCUT2D eigenvalue weighted by atomic mass is 10.5. The Morgan fingerprint density at radius 1 is 1.75 bits per heavy atom. The van der Waals surface area contributed by atoms with Crippen molar-refractivity contribution >= 4 is 0 Å². The minimum absolute atomic E-state index is 1.02. The van der Waals surface area contributed by atoms with Gasteiger partial charge in [0, 0.05) is 25.9 Å². The minimum Gasteiger partial charge on any atom is -0.338 e. The first-order valence-electron chi connectivity index (χ1n) is 2.80. The van der Waals surface area contributed by atoms with Crippen molar-refractivity contribution in [1.82, 2.24) is 9.55 Å². The third-order valence-corrected chi connectivity index (χ3v) is 1.24. The van der Waals surface area contributed by atoms with Crippen LogP contribution < -0.4 is 0 Å². The molecule has 0 saturated heterocycles. The van der Waals surface area contributed by atoms with Crippen molar-refractivity contribution in [2.24, 2.45) is 7.05 Å². The Morgan fingerprint density at radius 2 is 2.50 bits per heavy atom. The van der Waals surface area contributed by atoms with Gasteiger partial charge in [-0.1, -0.05) is 6.92 Å². The third-order valence-electron chi connectivity index (χ3n) is 1.24. The van der Waals surface area contributed by atoms with Crippen LogP contribution in [0.5, 0.6) is 0 Å². The topological polar surface area (TPSA) is 17.8 Å². The van der Waals surface area contributed by atoms with Crippen LogP contribution in [-0.4, -0.2) is 9.55 Å². The first-order chi connectivity index (χ1) is 3.84. The van der Waals surface area contributed by atoms with Crippen LogP contribution in [0, 0.1) is 0 Å². The monoisotopic (exact) mass is 110 g/mol. The van der Waals surface area contributed by atoms with Gasteiger partial charge in [0.15, 0.2) is 0 Å². The summed E-state index contributed by atoms with van der Waals surface area (Å²) in [7, 11) is 2.01. The SMILES string of the molecule is CCc1nccn1C. The van der Waals surface area contributed by atoms with Crippen LogP contribution in [0.15, 0.2) is 12.4 Å². The highest BCUT2D eigenvalue weighted by Crippen LogP contribution is 1.92. The fraction of sp³-hybridized carbons (Fsp3) is 0.500. The maximum absolute atomic E-state index is 4.10. The van der Waals surface area contributed by atoms with Gasteiger partial charge in [0.2, 0.25) is 0 Å². The molecule has 0 saturated carbocycles. The number of rotatable bonds is 1. The number of hydrogen-bond acceptors (Lipinski definition) is 1. The highest BCUT2D eigenvalue weighted by molar-refractivity contribution is 4.89. The van der Waals surface area contributed by atoms with Crippen molar-refractivity contribution < 1.29 is 0 Å². The van der Waals surface area contributed by atoms with Gasteiger partial charge >= 0.3 is 0 Å². The maximum atomic E-state index is 4.10. The van der Waals surface area contributed by atoms with Gasteiger partial charge in [-0.25, -0.2) is 4.98 Å². The first-order valence-corrected chi connectivity index (χ1v) is 2.80. The third kappa shape index (κ3) is 0.735. The number of nitrogens with zero attached hydrogens (tertiary/aromatic N) is 2. The van der Waals surface area contributed by atoms with E-state index in [0.29, 0.717) is 0 Å². The lowest BCUT2D eigenvalue weighted by Crippen LogP contribution is -1.92. The summed E-state index contributed by atoms with van der Waals surface area (Å²) >= 11 is 0. The maximum Gasteiger partial charge on any atom is 0.108 e. The number of aromatic nitrogens is 2. The summed E-state index contributed by atoms with van der Waals surface area (Å²) in [4.78, 5) is 4.10. The van der Waals surface area contributed by atoms with E-state index < -0.39 is 0 Å². The van der Waals surface area contributed by atoms with Gasteiger partial charge in [0.1, 0.15) is 5.82 Å². The van der Waals surface area contributed by atoms with Gasteiger partial charge in [-0.3, -0.25) is 0 Å². The average Bonchev–Trinajstić information content (AvgIpc) is 2.14. The molecule has 8 heavy (non-hydrogen) atoms. The minimum atomic E-state index is 1.02. The van der Waals surface area contributed by atoms with Gasteiger partial charge in [-0.05, 0) is 0 Å². The normalized spacial score (nSPS) is 9.75. The summed E-state index contributed by atoms with van der Waals surface area (Å²) in [6, 6.07) is 0. The van der Waals surface area contributed by atoms with E-state index in [2.05, 4.69) is 11.9 Å². The second kappa shape index (κ2) is 1.99. The molecular weight excluding hydrogens is 100 g/mol. The van der Waals surface area contributed by atoms with Crippen LogP contribution >= 0.6 is 0 Å². The molecule has 0 N–H and O–H groups in total. The predicted molar refractivity (Wildman–Crippen MR) is 32.6 cm³/mol. The summed E-state index contributed by atoms with van der Waals surface area (Å²) in [5.41, 5.74) is 0. The molecule has 2 heteroatoms. The van der Waals surface area contributed by atoms with Gasteiger partial charge in [-0.15, -0.1) is 0 Å². The Kier molecular flexibility index (Phi) is 1.33. The molecule has 0 unspecified atom stereocenters. The van der Waals surface area contributed by atoms with Gasteiger partial charge in [-0.2, -0.15) is 0 Å². The zero-order chi connectivity index (χ0) is 5.98. The highest BCUT2D eigenvalue weighted by atomic mass is 15.0. The molecule has 0 aromatic carbocycles. The molecule has 0 spiro atoms. The molecule has 0 bridgehead atoms. The standard InChI is InChI=1S/C6H10N2/c1-3-6-7-4-5-8(6)2/h4-5H,3H2,1-2H3. The first kappa shape index (κ1) is 5.35. The summed E-state index contributed by atoms with van der Waals surface area (Å²) in [6.07, 6.45) is 4.79. The van der Waals surface area contributed by atoms with Crippen LogP contribution in [0.2, 0.25) is 0 Å². The molecule has 0 amide bonds. The molecule has 0 aliphatic carbocycles. The van der Waals surface area contributed by atoms with Crippen molar-refractivity contribution in [3.63, 3.8) is 0 Å². The Labute approximate surface area is 49.2 Å². The molecule has 1 aromatic rings. The molecule has 0 fully saturated rings. The molecule has 1 aromatic heterocycles. The van der Waals surface area contributed by atoms with Crippen LogP contribution in [0.4, 0.5) is 0 Å². The Hall–Kier alpha value is -0.790. The summed E-state index contributed by atoms with van der Waals surface area (Å²) in [5, 5.41) is 0. The van der Waals surface area contributed by atoms with Crippen molar-refractivity contribution in [2.45, 2.75) is 13.3 Å². The zero-order valence-corrected chi connectivity index (χ0v) is 5.26. The van der Waals surface area contributed by atoms with E-state index in [1.165, 1.54) is 0 Å². The number of aryl methyl sites for hydroxylation is 2. The fourth-order valence-corrected chi connectivity index (χ4v) is 0.737. The molecule has 1 rings (SSSR count). The summed E-state index contributed by atoms with van der Waals surface area (Å²) < 4.78 is 2.03. The Balaban J connectivity index is 2.92. The fourth-order valence-electron chi connectivity index (χ4n) is 0.737. The smallest absolute Gasteiger partial charge is 0.108 e. The molecule has 2 nitrogen and oxygen atoms in total. The van der Waals surface area contributed by atoms with E-state index in [1.807, 2.05) is 24.0 Å². The van der Waals surface area contributed by atoms with E-state index in [9.17, 15) is 0 Å². The summed E-state index contributed by atoms with van der Waals surface area (Å²) in [5.74, 6) is 1.14.